The quantitative estimate of drug-likeness (QED) is 0.196. The highest BCUT2D eigenvalue weighted by Gasteiger charge is 2.37. The molecule has 0 unspecified atom stereocenters. The van der Waals surface area contributed by atoms with Crippen LogP contribution in [0.25, 0.3) is 0 Å². The lowest BCUT2D eigenvalue weighted by molar-refractivity contribution is 0.162. The molecule has 0 radical (unpaired) electrons. The van der Waals surface area contributed by atoms with Gasteiger partial charge in [0.25, 0.3) is 0 Å². The Morgan fingerprint density at radius 1 is 0.783 bits per heavy atom. The fourth-order valence-electron chi connectivity index (χ4n) is 2.61. The van der Waals surface area contributed by atoms with E-state index in [2.05, 4.69) is 13.2 Å². The van der Waals surface area contributed by atoms with Gasteiger partial charge in [0.1, 0.15) is 0 Å². The van der Waals surface area contributed by atoms with Crippen molar-refractivity contribution in [2.45, 2.75) is 76.3 Å². The van der Waals surface area contributed by atoms with Crippen molar-refractivity contribution in [3.63, 3.8) is 0 Å². The van der Waals surface area contributed by atoms with Gasteiger partial charge in [0, 0.05) is 20.3 Å². The summed E-state index contributed by atoms with van der Waals surface area (Å²) in [6, 6.07) is 2.19. The van der Waals surface area contributed by atoms with Gasteiger partial charge in [-0.25, -0.2) is 0 Å². The first-order valence-electron chi connectivity index (χ1n) is 9.20. The summed E-state index contributed by atoms with van der Waals surface area (Å²) in [5.41, 5.74) is 0. The van der Waals surface area contributed by atoms with Gasteiger partial charge in [-0.15, -0.1) is 13.2 Å². The summed E-state index contributed by atoms with van der Waals surface area (Å²) in [5, 5.41) is 0. The zero-order valence-corrected chi connectivity index (χ0v) is 17.9. The molecule has 0 N–H and O–H groups in total. The third-order valence-electron chi connectivity index (χ3n) is 4.14. The van der Waals surface area contributed by atoms with Crippen LogP contribution in [0.4, 0.5) is 0 Å². The van der Waals surface area contributed by atoms with E-state index in [9.17, 15) is 0 Å². The summed E-state index contributed by atoms with van der Waals surface area (Å²) >= 11 is 0. The van der Waals surface area contributed by atoms with Crippen molar-refractivity contribution < 1.29 is 13.0 Å². The molecule has 0 aliphatic carbocycles. The highest BCUT2D eigenvalue weighted by atomic mass is 28.4. The van der Waals surface area contributed by atoms with Crippen LogP contribution in [0, 0.1) is 0 Å². The fraction of sp³-hybridized carbons (Fsp3) is 0.778. The highest BCUT2D eigenvalue weighted by Crippen LogP contribution is 2.19. The second kappa shape index (κ2) is 16.6. The zero-order valence-electron chi connectivity index (χ0n) is 15.5. The number of hydrogen-bond donors (Lipinski definition) is 0. The van der Waals surface area contributed by atoms with E-state index in [0.29, 0.717) is 0 Å². The van der Waals surface area contributed by atoms with Crippen molar-refractivity contribution in [2.24, 2.45) is 0 Å². The Hall–Kier alpha value is -0.206. The summed E-state index contributed by atoms with van der Waals surface area (Å²) < 4.78 is 17.5. The fourth-order valence-corrected chi connectivity index (χ4v) is 7.77. The maximum absolute atomic E-state index is 6.18. The Labute approximate surface area is 147 Å². The Kier molecular flexibility index (Phi) is 16.5. The third kappa shape index (κ3) is 12.8. The van der Waals surface area contributed by atoms with Crippen LogP contribution in [0.2, 0.25) is 12.1 Å². The van der Waals surface area contributed by atoms with Crippen LogP contribution >= 0.6 is 0 Å². The molecule has 0 aliphatic rings. The van der Waals surface area contributed by atoms with E-state index in [1.165, 1.54) is 51.0 Å². The lowest BCUT2D eigenvalue weighted by Gasteiger charge is -2.27. The molecule has 0 bridgehead atoms. The molecular weight excluding hydrogens is 320 g/mol. The van der Waals surface area contributed by atoms with Gasteiger partial charge >= 0.3 is 8.80 Å². The largest absolute Gasteiger partial charge is 0.489 e. The summed E-state index contributed by atoms with van der Waals surface area (Å²) in [5.74, 6) is 0. The van der Waals surface area contributed by atoms with Crippen LogP contribution in [0.5, 0.6) is 0 Å². The molecule has 0 saturated heterocycles. The van der Waals surface area contributed by atoms with Crippen LogP contribution in [-0.2, 0) is 13.0 Å². The van der Waals surface area contributed by atoms with Gasteiger partial charge < -0.3 is 13.0 Å². The molecule has 0 aromatic rings. The lowest BCUT2D eigenvalue weighted by Crippen LogP contribution is -2.44. The molecular formula is C18H38O3Si2. The van der Waals surface area contributed by atoms with E-state index in [4.69, 9.17) is 13.0 Å². The molecule has 136 valence electrons. The minimum atomic E-state index is -2.36. The first-order valence-corrected chi connectivity index (χ1v) is 12.7. The minimum absolute atomic E-state index is 0.524. The van der Waals surface area contributed by atoms with Crippen LogP contribution in [0.3, 0.4) is 0 Å². The Morgan fingerprint density at radius 2 is 1.30 bits per heavy atom. The standard InChI is InChI=1S/C18H38O3Si2/c1-5-7-9-11-13-15-17-22-21-23(19-3,20-4)18-16-14-12-10-8-6-2/h5-6H,1-2,7-18,22H2,3-4H3. The average Bonchev–Trinajstić information content (AvgIpc) is 2.58. The lowest BCUT2D eigenvalue weighted by atomic mass is 10.1. The molecule has 5 heteroatoms. The van der Waals surface area contributed by atoms with Crippen LogP contribution in [-0.4, -0.2) is 32.8 Å². The number of unbranched alkanes of at least 4 members (excludes halogenated alkanes) is 8. The molecule has 0 rings (SSSR count). The molecule has 0 aliphatic heterocycles. The monoisotopic (exact) mass is 358 g/mol. The second-order valence-electron chi connectivity index (χ2n) is 6.03. The van der Waals surface area contributed by atoms with Gasteiger partial charge in [-0.1, -0.05) is 44.3 Å². The predicted molar refractivity (Wildman–Crippen MR) is 106 cm³/mol. The zero-order chi connectivity index (χ0) is 17.2. The first-order chi connectivity index (χ1) is 11.2. The highest BCUT2D eigenvalue weighted by molar-refractivity contribution is 6.65. The normalized spacial score (nSPS) is 12.1. The topological polar surface area (TPSA) is 27.7 Å². The maximum atomic E-state index is 6.18. The SMILES string of the molecule is C=CCCCCCC[SiH2]O[Si](CCCCCCC=C)(OC)OC. The third-order valence-corrected chi connectivity index (χ3v) is 9.71. The van der Waals surface area contributed by atoms with E-state index in [1.54, 1.807) is 14.2 Å². The van der Waals surface area contributed by atoms with Crippen molar-refractivity contribution >= 4 is 18.6 Å². The molecule has 0 heterocycles. The molecule has 0 aromatic heterocycles. The molecule has 0 spiro atoms. The number of allylic oxidation sites excluding steroid dienone is 2. The second-order valence-corrected chi connectivity index (χ2v) is 11.0. The van der Waals surface area contributed by atoms with Crippen LogP contribution in [0.15, 0.2) is 25.3 Å². The summed E-state index contributed by atoms with van der Waals surface area (Å²) in [6.45, 7) is 7.52. The average molecular weight is 359 g/mol. The minimum Gasteiger partial charge on any atom is -0.421 e. The molecule has 0 amide bonds. The summed E-state index contributed by atoms with van der Waals surface area (Å²) in [6.07, 6.45) is 16.3. The van der Waals surface area contributed by atoms with Crippen molar-refractivity contribution in [3.05, 3.63) is 25.3 Å². The number of rotatable bonds is 18. The van der Waals surface area contributed by atoms with Crippen molar-refractivity contribution in [3.8, 4) is 0 Å². The Morgan fingerprint density at radius 3 is 1.83 bits per heavy atom. The molecule has 3 nitrogen and oxygen atoms in total. The van der Waals surface area contributed by atoms with Gasteiger partial charge in [-0.2, -0.15) is 0 Å². The van der Waals surface area contributed by atoms with Gasteiger partial charge in [0.15, 0.2) is 9.76 Å². The first kappa shape index (κ1) is 22.8. The van der Waals surface area contributed by atoms with Crippen LogP contribution in [0.1, 0.15) is 64.2 Å². The van der Waals surface area contributed by atoms with Gasteiger partial charge in [-0.05, 0) is 38.1 Å². The summed E-state index contributed by atoms with van der Waals surface area (Å²) in [4.78, 5) is 0. The van der Waals surface area contributed by atoms with Crippen molar-refractivity contribution in [1.29, 1.82) is 0 Å². The smallest absolute Gasteiger partial charge is 0.421 e. The molecule has 0 fully saturated rings. The number of hydrogen-bond acceptors (Lipinski definition) is 3. The van der Waals surface area contributed by atoms with Crippen LogP contribution < -0.4 is 0 Å². The van der Waals surface area contributed by atoms with E-state index < -0.39 is 18.6 Å². The Balaban J connectivity index is 3.76. The molecule has 0 aromatic carbocycles. The van der Waals surface area contributed by atoms with E-state index in [1.807, 2.05) is 12.2 Å². The molecule has 0 saturated carbocycles. The van der Waals surface area contributed by atoms with Gasteiger partial charge in [-0.3, -0.25) is 0 Å². The van der Waals surface area contributed by atoms with Crippen molar-refractivity contribution in [2.75, 3.05) is 14.2 Å². The maximum Gasteiger partial charge on any atom is 0.489 e. The van der Waals surface area contributed by atoms with E-state index in [0.717, 1.165) is 25.3 Å². The van der Waals surface area contributed by atoms with Gasteiger partial charge in [0.2, 0.25) is 0 Å². The van der Waals surface area contributed by atoms with E-state index in [-0.39, 0.29) is 0 Å². The predicted octanol–water partition coefficient (Wildman–Crippen LogP) is 5.01. The molecule has 0 atom stereocenters. The van der Waals surface area contributed by atoms with Gasteiger partial charge in [0.05, 0.1) is 0 Å². The molecule has 23 heavy (non-hydrogen) atoms. The van der Waals surface area contributed by atoms with Crippen molar-refractivity contribution in [1.82, 2.24) is 0 Å². The Bertz CT molecular complexity index is 281. The van der Waals surface area contributed by atoms with E-state index >= 15 is 0 Å². The summed E-state index contributed by atoms with van der Waals surface area (Å²) in [7, 11) is 0.606.